The van der Waals surface area contributed by atoms with Crippen LogP contribution in [0.15, 0.2) is 24.3 Å². The summed E-state index contributed by atoms with van der Waals surface area (Å²) in [7, 11) is 0. The fourth-order valence-corrected chi connectivity index (χ4v) is 2.22. The highest BCUT2D eigenvalue weighted by molar-refractivity contribution is 5.77. The van der Waals surface area contributed by atoms with Crippen molar-refractivity contribution in [3.8, 4) is 0 Å². The lowest BCUT2D eigenvalue weighted by atomic mass is 10.1. The highest BCUT2D eigenvalue weighted by Gasteiger charge is 2.13. The van der Waals surface area contributed by atoms with Crippen molar-refractivity contribution in [2.45, 2.75) is 46.0 Å². The average Bonchev–Trinajstić information content (AvgIpc) is 2.45. The van der Waals surface area contributed by atoms with Crippen LogP contribution in [0.2, 0.25) is 0 Å². The first-order valence-electron chi connectivity index (χ1n) is 7.58. The molecule has 0 saturated carbocycles. The van der Waals surface area contributed by atoms with E-state index < -0.39 is 5.97 Å². The number of aryl methyl sites for hydroxylation is 2. The van der Waals surface area contributed by atoms with Gasteiger partial charge in [0.25, 0.3) is 0 Å². The van der Waals surface area contributed by atoms with E-state index in [1.165, 1.54) is 11.1 Å². The summed E-state index contributed by atoms with van der Waals surface area (Å²) in [5, 5.41) is 8.72. The summed E-state index contributed by atoms with van der Waals surface area (Å²) in [6.45, 7) is 4.99. The smallest absolute Gasteiger partial charge is 0.305 e. The Hall–Kier alpha value is -1.84. The van der Waals surface area contributed by atoms with E-state index in [1.54, 1.807) is 4.90 Å². The lowest BCUT2D eigenvalue weighted by Crippen LogP contribution is -2.33. The van der Waals surface area contributed by atoms with Crippen molar-refractivity contribution in [1.29, 1.82) is 0 Å². The van der Waals surface area contributed by atoms with Crippen LogP contribution in [0.1, 0.15) is 43.7 Å². The maximum Gasteiger partial charge on any atom is 0.305 e. The van der Waals surface area contributed by atoms with Crippen LogP contribution in [0.3, 0.4) is 0 Å². The number of nitrogens with zero attached hydrogens (tertiary/aromatic N) is 1. The Labute approximate surface area is 126 Å². The molecule has 1 amide bonds. The molecule has 0 aliphatic carbocycles. The van der Waals surface area contributed by atoms with Gasteiger partial charge in [-0.3, -0.25) is 9.59 Å². The summed E-state index contributed by atoms with van der Waals surface area (Å²) < 4.78 is 0. The molecule has 21 heavy (non-hydrogen) atoms. The van der Waals surface area contributed by atoms with Gasteiger partial charge in [-0.15, -0.1) is 0 Å². The second-order valence-electron chi connectivity index (χ2n) is 5.36. The van der Waals surface area contributed by atoms with Crippen molar-refractivity contribution >= 4 is 11.9 Å². The Bertz CT molecular complexity index is 454. The number of benzene rings is 1. The molecule has 0 saturated heterocycles. The third-order valence-corrected chi connectivity index (χ3v) is 3.42. The second-order valence-corrected chi connectivity index (χ2v) is 5.36. The standard InChI is InChI=1S/C17H25NO3/c1-3-12-18(13-11-17(20)21)16(19)6-4-5-15-9-7-14(2)8-10-15/h7-10H,3-6,11-13H2,1-2H3,(H,20,21). The van der Waals surface area contributed by atoms with Crippen LogP contribution in [0.25, 0.3) is 0 Å². The number of aliphatic carboxylic acids is 1. The highest BCUT2D eigenvalue weighted by Crippen LogP contribution is 2.09. The van der Waals surface area contributed by atoms with E-state index in [-0.39, 0.29) is 12.3 Å². The minimum Gasteiger partial charge on any atom is -0.481 e. The summed E-state index contributed by atoms with van der Waals surface area (Å²) in [5.74, 6) is -0.797. The van der Waals surface area contributed by atoms with Crippen LogP contribution in [0.5, 0.6) is 0 Å². The third-order valence-electron chi connectivity index (χ3n) is 3.42. The van der Waals surface area contributed by atoms with Gasteiger partial charge in [-0.1, -0.05) is 36.8 Å². The minimum absolute atomic E-state index is 0.0176. The van der Waals surface area contributed by atoms with Gasteiger partial charge < -0.3 is 10.0 Å². The van der Waals surface area contributed by atoms with Crippen LogP contribution < -0.4 is 0 Å². The largest absolute Gasteiger partial charge is 0.481 e. The van der Waals surface area contributed by atoms with Gasteiger partial charge in [-0.25, -0.2) is 0 Å². The SMILES string of the molecule is CCCN(CCC(=O)O)C(=O)CCCc1ccc(C)cc1. The van der Waals surface area contributed by atoms with Crippen molar-refractivity contribution in [2.75, 3.05) is 13.1 Å². The molecule has 0 heterocycles. The predicted octanol–water partition coefficient (Wildman–Crippen LogP) is 3.03. The topological polar surface area (TPSA) is 57.6 Å². The minimum atomic E-state index is -0.858. The number of hydrogen-bond acceptors (Lipinski definition) is 2. The molecule has 0 aromatic heterocycles. The average molecular weight is 291 g/mol. The Morgan fingerprint density at radius 1 is 1.10 bits per heavy atom. The maximum atomic E-state index is 12.1. The second kappa shape index (κ2) is 9.16. The van der Waals surface area contributed by atoms with Crippen LogP contribution >= 0.6 is 0 Å². The fourth-order valence-electron chi connectivity index (χ4n) is 2.22. The maximum absolute atomic E-state index is 12.1. The third kappa shape index (κ3) is 6.93. The van der Waals surface area contributed by atoms with E-state index in [0.29, 0.717) is 19.5 Å². The Kier molecular flexibility index (Phi) is 7.51. The molecular weight excluding hydrogens is 266 g/mol. The molecule has 1 N–H and O–H groups in total. The predicted molar refractivity (Wildman–Crippen MR) is 83.2 cm³/mol. The molecule has 0 atom stereocenters. The Balaban J connectivity index is 2.38. The molecule has 0 fully saturated rings. The van der Waals surface area contributed by atoms with E-state index in [1.807, 2.05) is 6.92 Å². The number of carboxylic acids is 1. The molecule has 0 spiro atoms. The van der Waals surface area contributed by atoms with Gasteiger partial charge in [0.05, 0.1) is 6.42 Å². The van der Waals surface area contributed by atoms with E-state index in [0.717, 1.165) is 19.3 Å². The van der Waals surface area contributed by atoms with Crippen molar-refractivity contribution < 1.29 is 14.7 Å². The molecular formula is C17H25NO3. The Morgan fingerprint density at radius 2 is 1.76 bits per heavy atom. The molecule has 0 aliphatic heterocycles. The summed E-state index contributed by atoms with van der Waals surface area (Å²) in [6, 6.07) is 8.34. The van der Waals surface area contributed by atoms with E-state index >= 15 is 0 Å². The number of carbonyl (C=O) groups is 2. The van der Waals surface area contributed by atoms with Gasteiger partial charge in [0.2, 0.25) is 5.91 Å². The molecule has 0 bridgehead atoms. The van der Waals surface area contributed by atoms with E-state index in [9.17, 15) is 9.59 Å². The molecule has 116 valence electrons. The summed E-state index contributed by atoms with van der Waals surface area (Å²) in [4.78, 5) is 24.4. The van der Waals surface area contributed by atoms with Crippen LogP contribution in [0.4, 0.5) is 0 Å². The first-order chi connectivity index (χ1) is 10.0. The number of carboxylic acid groups (broad SMARTS) is 1. The number of amides is 1. The van der Waals surface area contributed by atoms with Crippen molar-refractivity contribution in [2.24, 2.45) is 0 Å². The zero-order valence-electron chi connectivity index (χ0n) is 13.0. The normalized spacial score (nSPS) is 10.4. The van der Waals surface area contributed by atoms with Gasteiger partial charge in [0.1, 0.15) is 0 Å². The quantitative estimate of drug-likeness (QED) is 0.761. The van der Waals surface area contributed by atoms with Gasteiger partial charge in [-0.2, -0.15) is 0 Å². The monoisotopic (exact) mass is 291 g/mol. The van der Waals surface area contributed by atoms with Gasteiger partial charge >= 0.3 is 5.97 Å². The lowest BCUT2D eigenvalue weighted by molar-refractivity contribution is -0.138. The zero-order chi connectivity index (χ0) is 15.7. The van der Waals surface area contributed by atoms with E-state index in [2.05, 4.69) is 31.2 Å². The van der Waals surface area contributed by atoms with Crippen LogP contribution in [-0.4, -0.2) is 35.0 Å². The van der Waals surface area contributed by atoms with Crippen molar-refractivity contribution in [3.63, 3.8) is 0 Å². The zero-order valence-corrected chi connectivity index (χ0v) is 13.0. The van der Waals surface area contributed by atoms with Crippen molar-refractivity contribution in [1.82, 2.24) is 4.90 Å². The summed E-state index contributed by atoms with van der Waals surface area (Å²) in [6.07, 6.45) is 3.03. The van der Waals surface area contributed by atoms with E-state index in [4.69, 9.17) is 5.11 Å². The summed E-state index contributed by atoms with van der Waals surface area (Å²) in [5.41, 5.74) is 2.47. The first kappa shape index (κ1) is 17.2. The van der Waals surface area contributed by atoms with Crippen LogP contribution in [0, 0.1) is 6.92 Å². The molecule has 0 aliphatic rings. The van der Waals surface area contributed by atoms with Crippen molar-refractivity contribution in [3.05, 3.63) is 35.4 Å². The molecule has 0 radical (unpaired) electrons. The summed E-state index contributed by atoms with van der Waals surface area (Å²) >= 11 is 0. The number of carbonyl (C=O) groups excluding carboxylic acids is 1. The molecule has 1 aromatic carbocycles. The molecule has 4 heteroatoms. The number of rotatable bonds is 9. The van der Waals surface area contributed by atoms with Gasteiger partial charge in [0.15, 0.2) is 0 Å². The van der Waals surface area contributed by atoms with Gasteiger partial charge in [-0.05, 0) is 31.7 Å². The Morgan fingerprint density at radius 3 is 2.33 bits per heavy atom. The molecule has 1 aromatic rings. The molecule has 4 nitrogen and oxygen atoms in total. The first-order valence-corrected chi connectivity index (χ1v) is 7.58. The van der Waals surface area contributed by atoms with Crippen LogP contribution in [-0.2, 0) is 16.0 Å². The molecule has 1 rings (SSSR count). The highest BCUT2D eigenvalue weighted by atomic mass is 16.4. The lowest BCUT2D eigenvalue weighted by Gasteiger charge is -2.21. The van der Waals surface area contributed by atoms with Gasteiger partial charge in [0, 0.05) is 19.5 Å². The molecule has 0 unspecified atom stereocenters. The fraction of sp³-hybridized carbons (Fsp3) is 0.529. The number of hydrogen-bond donors (Lipinski definition) is 1.